The Bertz CT molecular complexity index is 469. The van der Waals surface area contributed by atoms with Crippen LogP contribution in [0.1, 0.15) is 23.1 Å². The van der Waals surface area contributed by atoms with Crippen molar-refractivity contribution in [2.75, 3.05) is 0 Å². The van der Waals surface area contributed by atoms with Crippen molar-refractivity contribution in [3.8, 4) is 6.07 Å². The van der Waals surface area contributed by atoms with Gasteiger partial charge in [0.1, 0.15) is 6.07 Å². The number of carbonyl (C=O) groups is 1. The Morgan fingerprint density at radius 3 is 2.62 bits per heavy atom. The minimum absolute atomic E-state index is 0.0757. The Labute approximate surface area is 98.4 Å². The molecule has 0 atom stereocenters. The Hall–Kier alpha value is -1.48. The maximum Gasteiger partial charge on any atom is 0.307 e. The Morgan fingerprint density at radius 2 is 2.19 bits per heavy atom. The van der Waals surface area contributed by atoms with Gasteiger partial charge in [0.2, 0.25) is 0 Å². The van der Waals surface area contributed by atoms with Crippen LogP contribution in [-0.4, -0.2) is 11.1 Å². The van der Waals surface area contributed by atoms with Crippen molar-refractivity contribution in [2.24, 2.45) is 0 Å². The van der Waals surface area contributed by atoms with Gasteiger partial charge in [-0.05, 0) is 33.6 Å². The van der Waals surface area contributed by atoms with Crippen LogP contribution >= 0.6 is 15.9 Å². The van der Waals surface area contributed by atoms with E-state index >= 15 is 0 Å². The first-order chi connectivity index (χ1) is 7.45. The van der Waals surface area contributed by atoms with E-state index in [9.17, 15) is 13.6 Å². The Balaban J connectivity index is 3.32. The molecule has 0 heterocycles. The molecule has 0 aromatic heterocycles. The Morgan fingerprint density at radius 1 is 1.56 bits per heavy atom. The minimum atomic E-state index is -2.70. The second-order valence-corrected chi connectivity index (χ2v) is 3.87. The van der Waals surface area contributed by atoms with Gasteiger partial charge in [-0.15, -0.1) is 0 Å². The molecule has 0 aliphatic carbocycles. The van der Waals surface area contributed by atoms with Gasteiger partial charge < -0.3 is 5.11 Å². The summed E-state index contributed by atoms with van der Waals surface area (Å²) < 4.78 is 25.1. The van der Waals surface area contributed by atoms with Crippen molar-refractivity contribution >= 4 is 21.9 Å². The lowest BCUT2D eigenvalue weighted by Crippen LogP contribution is -2.04. The number of benzene rings is 1. The number of aliphatic carboxylic acids is 1. The van der Waals surface area contributed by atoms with Crippen LogP contribution in [-0.2, 0) is 11.2 Å². The summed E-state index contributed by atoms with van der Waals surface area (Å²) in [6.45, 7) is 0. The third-order valence-corrected chi connectivity index (χ3v) is 2.53. The summed E-state index contributed by atoms with van der Waals surface area (Å²) in [6, 6.07) is 3.94. The maximum absolute atomic E-state index is 12.4. The molecule has 1 aromatic rings. The number of hydrogen-bond acceptors (Lipinski definition) is 2. The molecule has 16 heavy (non-hydrogen) atoms. The number of rotatable bonds is 3. The second-order valence-electron chi connectivity index (χ2n) is 3.02. The molecule has 84 valence electrons. The lowest BCUT2D eigenvalue weighted by atomic mass is 10.0. The van der Waals surface area contributed by atoms with E-state index < -0.39 is 18.8 Å². The summed E-state index contributed by atoms with van der Waals surface area (Å²) in [6.07, 6.45) is -3.15. The summed E-state index contributed by atoms with van der Waals surface area (Å²) in [5.41, 5.74) is -0.145. The SMILES string of the molecule is N#Cc1c(Br)cc(C(F)F)cc1CC(=O)O. The first-order valence-corrected chi connectivity index (χ1v) is 4.97. The number of halogens is 3. The molecular formula is C10H6BrF2NO2. The molecule has 1 rings (SSSR count). The standard InChI is InChI=1S/C10H6BrF2NO2/c11-8-2-6(10(12)13)1-5(3-9(15)16)7(8)4-14/h1-2,10H,3H2,(H,15,16). The van der Waals surface area contributed by atoms with E-state index in [1.165, 1.54) is 0 Å². The van der Waals surface area contributed by atoms with Gasteiger partial charge in [0.05, 0.1) is 12.0 Å². The number of hydrogen-bond donors (Lipinski definition) is 1. The fraction of sp³-hybridized carbons (Fsp3) is 0.200. The zero-order chi connectivity index (χ0) is 12.3. The summed E-state index contributed by atoms with van der Waals surface area (Å²) in [4.78, 5) is 10.5. The maximum atomic E-state index is 12.4. The summed E-state index contributed by atoms with van der Waals surface area (Å²) in [7, 11) is 0. The van der Waals surface area contributed by atoms with Gasteiger partial charge >= 0.3 is 5.97 Å². The third-order valence-electron chi connectivity index (χ3n) is 1.90. The normalized spacial score (nSPS) is 10.2. The number of carboxylic acids is 1. The highest BCUT2D eigenvalue weighted by molar-refractivity contribution is 9.10. The van der Waals surface area contributed by atoms with E-state index in [1.54, 1.807) is 6.07 Å². The zero-order valence-electron chi connectivity index (χ0n) is 7.88. The largest absolute Gasteiger partial charge is 0.481 e. The number of nitrogens with zero attached hydrogens (tertiary/aromatic N) is 1. The quantitative estimate of drug-likeness (QED) is 0.931. The van der Waals surface area contributed by atoms with Crippen molar-refractivity contribution < 1.29 is 18.7 Å². The molecule has 0 saturated carbocycles. The number of nitriles is 1. The smallest absolute Gasteiger partial charge is 0.307 e. The predicted octanol–water partition coefficient (Wildman–Crippen LogP) is 2.89. The topological polar surface area (TPSA) is 61.1 Å². The van der Waals surface area contributed by atoms with Gasteiger partial charge in [0.25, 0.3) is 6.43 Å². The molecule has 1 N–H and O–H groups in total. The molecule has 0 unspecified atom stereocenters. The zero-order valence-corrected chi connectivity index (χ0v) is 9.46. The fourth-order valence-electron chi connectivity index (χ4n) is 1.24. The molecule has 0 spiro atoms. The van der Waals surface area contributed by atoms with Crippen molar-refractivity contribution in [3.05, 3.63) is 33.3 Å². The molecule has 1 aromatic carbocycles. The van der Waals surface area contributed by atoms with E-state index in [0.29, 0.717) is 0 Å². The molecule has 0 amide bonds. The van der Waals surface area contributed by atoms with Crippen molar-refractivity contribution in [2.45, 2.75) is 12.8 Å². The number of carboxylic acid groups (broad SMARTS) is 1. The predicted molar refractivity (Wildman–Crippen MR) is 55.2 cm³/mol. The molecule has 3 nitrogen and oxygen atoms in total. The average Bonchev–Trinajstić information content (AvgIpc) is 2.16. The molecule has 0 aliphatic heterocycles. The Kier molecular flexibility index (Phi) is 3.96. The van der Waals surface area contributed by atoms with Gasteiger partial charge in [-0.1, -0.05) is 0 Å². The summed E-state index contributed by atoms with van der Waals surface area (Å²) >= 11 is 2.97. The molecule has 0 fully saturated rings. The lowest BCUT2D eigenvalue weighted by Gasteiger charge is -2.07. The first-order valence-electron chi connectivity index (χ1n) is 4.18. The van der Waals surface area contributed by atoms with Crippen LogP contribution in [0.25, 0.3) is 0 Å². The number of alkyl halides is 2. The summed E-state index contributed by atoms with van der Waals surface area (Å²) in [5.74, 6) is -1.17. The van der Waals surface area contributed by atoms with Crippen LogP contribution in [0.5, 0.6) is 0 Å². The van der Waals surface area contributed by atoms with Gasteiger partial charge in [0, 0.05) is 10.0 Å². The monoisotopic (exact) mass is 289 g/mol. The van der Waals surface area contributed by atoms with Crippen LogP contribution in [0.2, 0.25) is 0 Å². The summed E-state index contributed by atoms with van der Waals surface area (Å²) in [5, 5.41) is 17.4. The van der Waals surface area contributed by atoms with Crippen LogP contribution in [0.3, 0.4) is 0 Å². The highest BCUT2D eigenvalue weighted by atomic mass is 79.9. The highest BCUT2D eigenvalue weighted by Crippen LogP contribution is 2.28. The molecular weight excluding hydrogens is 284 g/mol. The van der Waals surface area contributed by atoms with Crippen molar-refractivity contribution in [1.29, 1.82) is 5.26 Å². The average molecular weight is 290 g/mol. The highest BCUT2D eigenvalue weighted by Gasteiger charge is 2.16. The van der Waals surface area contributed by atoms with E-state index in [4.69, 9.17) is 10.4 Å². The van der Waals surface area contributed by atoms with E-state index in [1.807, 2.05) is 0 Å². The molecule has 0 saturated heterocycles. The molecule has 0 aliphatic rings. The van der Waals surface area contributed by atoms with Crippen LogP contribution in [0.15, 0.2) is 16.6 Å². The molecule has 0 bridgehead atoms. The second kappa shape index (κ2) is 5.03. The van der Waals surface area contributed by atoms with Crippen molar-refractivity contribution in [1.82, 2.24) is 0 Å². The molecule has 6 heteroatoms. The lowest BCUT2D eigenvalue weighted by molar-refractivity contribution is -0.136. The first kappa shape index (κ1) is 12.6. The minimum Gasteiger partial charge on any atom is -0.481 e. The van der Waals surface area contributed by atoms with Gasteiger partial charge in [-0.25, -0.2) is 8.78 Å². The fourth-order valence-corrected chi connectivity index (χ4v) is 1.85. The van der Waals surface area contributed by atoms with Crippen molar-refractivity contribution in [3.63, 3.8) is 0 Å². The van der Waals surface area contributed by atoms with Crippen LogP contribution in [0, 0.1) is 11.3 Å². The van der Waals surface area contributed by atoms with Gasteiger partial charge in [-0.3, -0.25) is 4.79 Å². The van der Waals surface area contributed by atoms with Gasteiger partial charge in [0.15, 0.2) is 0 Å². The van der Waals surface area contributed by atoms with Gasteiger partial charge in [-0.2, -0.15) is 5.26 Å². The van der Waals surface area contributed by atoms with Crippen LogP contribution < -0.4 is 0 Å². The van der Waals surface area contributed by atoms with Crippen LogP contribution in [0.4, 0.5) is 8.78 Å². The van der Waals surface area contributed by atoms with E-state index in [0.717, 1.165) is 12.1 Å². The molecule has 0 radical (unpaired) electrons. The third kappa shape index (κ3) is 2.76. The van der Waals surface area contributed by atoms with E-state index in [-0.39, 0.29) is 21.2 Å². The van der Waals surface area contributed by atoms with E-state index in [2.05, 4.69) is 15.9 Å².